The Bertz CT molecular complexity index is 2220. The van der Waals surface area contributed by atoms with Gasteiger partial charge < -0.3 is 0 Å². The fourth-order valence-electron chi connectivity index (χ4n) is 5.87. The summed E-state index contributed by atoms with van der Waals surface area (Å²) in [6, 6.07) is 50.8. The highest BCUT2D eigenvalue weighted by Gasteiger charge is 2.14. The molecule has 0 radical (unpaired) electrons. The molecule has 0 atom stereocenters. The summed E-state index contributed by atoms with van der Waals surface area (Å²) >= 11 is 0. The highest BCUT2D eigenvalue weighted by Crippen LogP contribution is 2.38. The van der Waals surface area contributed by atoms with E-state index in [-0.39, 0.29) is 0 Å². The molecule has 0 aliphatic rings. The maximum absolute atomic E-state index is 5.19. The largest absolute Gasteiger partial charge is 0.255 e. The van der Waals surface area contributed by atoms with Gasteiger partial charge in [-0.2, -0.15) is 0 Å². The van der Waals surface area contributed by atoms with Gasteiger partial charge in [-0.25, -0.2) is 9.97 Å². The highest BCUT2D eigenvalue weighted by atomic mass is 14.8. The number of aromatic nitrogens is 3. The van der Waals surface area contributed by atoms with Crippen LogP contribution in [0.15, 0.2) is 152 Å². The molecule has 3 nitrogen and oxygen atoms in total. The molecule has 196 valence electrons. The molecule has 8 rings (SSSR count). The van der Waals surface area contributed by atoms with Crippen molar-refractivity contribution in [2.75, 3.05) is 0 Å². The van der Waals surface area contributed by atoms with Crippen LogP contribution in [-0.4, -0.2) is 15.0 Å². The molecule has 0 saturated carbocycles. The second-order valence-corrected chi connectivity index (χ2v) is 10.5. The van der Waals surface area contributed by atoms with Crippen LogP contribution in [0, 0.1) is 0 Å². The Kier molecular flexibility index (Phi) is 5.79. The van der Waals surface area contributed by atoms with Crippen molar-refractivity contribution in [2.24, 2.45) is 0 Å². The van der Waals surface area contributed by atoms with Gasteiger partial charge in [0.15, 0.2) is 0 Å². The zero-order valence-electron chi connectivity index (χ0n) is 22.8. The normalized spacial score (nSPS) is 11.3. The van der Waals surface area contributed by atoms with Crippen LogP contribution >= 0.6 is 0 Å². The molecule has 0 N–H and O–H groups in total. The molecule has 0 amide bonds. The van der Waals surface area contributed by atoms with Gasteiger partial charge in [-0.05, 0) is 58.3 Å². The smallest absolute Gasteiger partial charge is 0.0893 e. The van der Waals surface area contributed by atoms with Crippen molar-refractivity contribution in [3.63, 3.8) is 0 Å². The third-order valence-electron chi connectivity index (χ3n) is 7.92. The second-order valence-electron chi connectivity index (χ2n) is 10.5. The summed E-state index contributed by atoms with van der Waals surface area (Å²) < 4.78 is 0. The Morgan fingerprint density at radius 1 is 0.381 bits per heavy atom. The van der Waals surface area contributed by atoms with E-state index < -0.39 is 0 Å². The van der Waals surface area contributed by atoms with Gasteiger partial charge in [0.2, 0.25) is 0 Å². The lowest BCUT2D eigenvalue weighted by Gasteiger charge is -2.13. The average Bonchev–Trinajstić information content (AvgIpc) is 3.08. The average molecular weight is 536 g/mol. The van der Waals surface area contributed by atoms with E-state index in [0.29, 0.717) is 0 Å². The van der Waals surface area contributed by atoms with E-state index in [9.17, 15) is 0 Å². The van der Waals surface area contributed by atoms with Gasteiger partial charge in [-0.3, -0.25) is 4.98 Å². The third-order valence-corrected chi connectivity index (χ3v) is 7.92. The first-order valence-electron chi connectivity index (χ1n) is 14.1. The topological polar surface area (TPSA) is 38.7 Å². The zero-order chi connectivity index (χ0) is 27.9. The summed E-state index contributed by atoms with van der Waals surface area (Å²) in [5.41, 5.74) is 9.15. The van der Waals surface area contributed by atoms with Crippen LogP contribution in [0.2, 0.25) is 0 Å². The minimum absolute atomic E-state index is 0.868. The summed E-state index contributed by atoms with van der Waals surface area (Å²) in [4.78, 5) is 14.5. The van der Waals surface area contributed by atoms with E-state index in [0.717, 1.165) is 50.5 Å². The molecule has 3 heteroatoms. The standard InChI is InChI=1S/C39H25N3/c1-2-12-31-27(9-1)22-23-33-38(31)32-13-3-4-14-35(32)42-39(33)30-11-7-10-29(25-30)26-18-20-28(21-19-26)34-16-8-17-37(41-34)36-15-5-6-24-40-36/h1-25H. The van der Waals surface area contributed by atoms with E-state index in [1.165, 1.54) is 26.9 Å². The zero-order valence-corrected chi connectivity index (χ0v) is 22.8. The molecule has 0 fully saturated rings. The van der Waals surface area contributed by atoms with Gasteiger partial charge in [0, 0.05) is 33.5 Å². The fourth-order valence-corrected chi connectivity index (χ4v) is 5.87. The molecule has 5 aromatic carbocycles. The molecule has 0 aliphatic heterocycles. The van der Waals surface area contributed by atoms with Crippen LogP contribution in [0.25, 0.3) is 77.5 Å². The van der Waals surface area contributed by atoms with Crippen LogP contribution in [0.3, 0.4) is 0 Å². The van der Waals surface area contributed by atoms with Crippen molar-refractivity contribution in [1.29, 1.82) is 0 Å². The predicted molar refractivity (Wildman–Crippen MR) is 174 cm³/mol. The molecule has 0 unspecified atom stereocenters. The maximum Gasteiger partial charge on any atom is 0.0893 e. The van der Waals surface area contributed by atoms with Gasteiger partial charge in [0.1, 0.15) is 0 Å². The minimum atomic E-state index is 0.868. The quantitative estimate of drug-likeness (QED) is 0.211. The van der Waals surface area contributed by atoms with E-state index in [1.54, 1.807) is 6.20 Å². The molecular weight excluding hydrogens is 510 g/mol. The van der Waals surface area contributed by atoms with Crippen molar-refractivity contribution >= 4 is 32.4 Å². The van der Waals surface area contributed by atoms with Gasteiger partial charge in [-0.15, -0.1) is 0 Å². The van der Waals surface area contributed by atoms with E-state index in [4.69, 9.17) is 9.97 Å². The lowest BCUT2D eigenvalue weighted by Crippen LogP contribution is -1.91. The SMILES string of the molecule is c1ccc(-c2cccc(-c3ccc(-c4cccc(-c5nc6ccccc6c6c5ccc5ccccc56)c4)cc3)n2)nc1. The van der Waals surface area contributed by atoms with Gasteiger partial charge in [0.25, 0.3) is 0 Å². The lowest BCUT2D eigenvalue weighted by atomic mass is 9.94. The number of benzene rings is 5. The Hall–Kier alpha value is -5.67. The number of rotatable bonds is 4. The number of pyridine rings is 3. The Balaban J connectivity index is 1.20. The first-order chi connectivity index (χ1) is 20.8. The van der Waals surface area contributed by atoms with Gasteiger partial charge in [-0.1, -0.05) is 109 Å². The van der Waals surface area contributed by atoms with Crippen molar-refractivity contribution in [1.82, 2.24) is 15.0 Å². The molecule has 0 aliphatic carbocycles. The van der Waals surface area contributed by atoms with Gasteiger partial charge >= 0.3 is 0 Å². The number of hydrogen-bond donors (Lipinski definition) is 0. The van der Waals surface area contributed by atoms with Crippen LogP contribution in [-0.2, 0) is 0 Å². The lowest BCUT2D eigenvalue weighted by molar-refractivity contribution is 1.25. The summed E-state index contributed by atoms with van der Waals surface area (Å²) in [6.07, 6.45) is 1.80. The van der Waals surface area contributed by atoms with Crippen molar-refractivity contribution in [3.8, 4) is 45.0 Å². The molecule has 3 aromatic heterocycles. The molecule has 8 aromatic rings. The fraction of sp³-hybridized carbons (Fsp3) is 0. The predicted octanol–water partition coefficient (Wildman–Crippen LogP) is 10.00. The number of para-hydroxylation sites is 1. The van der Waals surface area contributed by atoms with Crippen LogP contribution in [0.5, 0.6) is 0 Å². The molecule has 3 heterocycles. The number of hydrogen-bond acceptors (Lipinski definition) is 3. The summed E-state index contributed by atoms with van der Waals surface area (Å²) in [5.74, 6) is 0. The Morgan fingerprint density at radius 2 is 1.10 bits per heavy atom. The van der Waals surface area contributed by atoms with Crippen LogP contribution in [0.1, 0.15) is 0 Å². The molecule has 0 bridgehead atoms. The summed E-state index contributed by atoms with van der Waals surface area (Å²) in [5, 5.41) is 6.09. The van der Waals surface area contributed by atoms with E-state index >= 15 is 0 Å². The van der Waals surface area contributed by atoms with Crippen molar-refractivity contribution in [3.05, 3.63) is 152 Å². The Labute approximate surface area is 243 Å². The first-order valence-corrected chi connectivity index (χ1v) is 14.1. The monoisotopic (exact) mass is 535 g/mol. The number of nitrogens with zero attached hydrogens (tertiary/aromatic N) is 3. The third kappa shape index (κ3) is 4.20. The Morgan fingerprint density at radius 3 is 1.98 bits per heavy atom. The van der Waals surface area contributed by atoms with Crippen LogP contribution in [0.4, 0.5) is 0 Å². The maximum atomic E-state index is 5.19. The molecule has 0 saturated heterocycles. The van der Waals surface area contributed by atoms with Gasteiger partial charge in [0.05, 0.1) is 28.3 Å². The highest BCUT2D eigenvalue weighted by molar-refractivity contribution is 6.22. The van der Waals surface area contributed by atoms with E-state index in [1.807, 2.05) is 36.4 Å². The second kappa shape index (κ2) is 10.1. The summed E-state index contributed by atoms with van der Waals surface area (Å²) in [7, 11) is 0. The molecule has 0 spiro atoms. The summed E-state index contributed by atoms with van der Waals surface area (Å²) in [6.45, 7) is 0. The van der Waals surface area contributed by atoms with Crippen molar-refractivity contribution in [2.45, 2.75) is 0 Å². The first kappa shape index (κ1) is 24.2. The minimum Gasteiger partial charge on any atom is -0.255 e. The van der Waals surface area contributed by atoms with Crippen molar-refractivity contribution < 1.29 is 0 Å². The molecular formula is C39H25N3. The molecule has 42 heavy (non-hydrogen) atoms. The van der Waals surface area contributed by atoms with E-state index in [2.05, 4.69) is 114 Å². The van der Waals surface area contributed by atoms with Crippen LogP contribution < -0.4 is 0 Å². The number of fused-ring (bicyclic) bond motifs is 5.